The molecule has 0 fully saturated rings. The Morgan fingerprint density at radius 2 is 1.82 bits per heavy atom. The zero-order valence-electron chi connectivity index (χ0n) is 12.2. The van der Waals surface area contributed by atoms with Crippen molar-refractivity contribution in [1.82, 2.24) is 0 Å². The molecule has 110 valence electrons. The van der Waals surface area contributed by atoms with Gasteiger partial charge in [0.1, 0.15) is 24.0 Å². The maximum atomic E-state index is 11.0. The number of ether oxygens (including phenoxy) is 1. The average molecular weight is 292 g/mol. The number of hydrogen-bond donors (Lipinski definition) is 1. The molecule has 0 aromatic heterocycles. The lowest BCUT2D eigenvalue weighted by atomic mass is 10.1. The van der Waals surface area contributed by atoms with E-state index >= 15 is 0 Å². The molecule has 0 saturated heterocycles. The van der Waals surface area contributed by atoms with E-state index in [1.54, 1.807) is 30.3 Å². The van der Waals surface area contributed by atoms with Crippen LogP contribution in [0.4, 0.5) is 0 Å². The van der Waals surface area contributed by atoms with Gasteiger partial charge in [-0.3, -0.25) is 4.79 Å². The minimum absolute atomic E-state index is 0.0756. The van der Waals surface area contributed by atoms with Gasteiger partial charge in [-0.2, -0.15) is 5.26 Å². The van der Waals surface area contributed by atoms with Crippen LogP contribution in [0, 0.1) is 18.3 Å². The highest BCUT2D eigenvalue weighted by Gasteiger charge is 2.03. The van der Waals surface area contributed by atoms with Gasteiger partial charge < -0.3 is 10.5 Å². The van der Waals surface area contributed by atoms with Gasteiger partial charge in [0.2, 0.25) is 0 Å². The molecule has 0 heterocycles. The number of rotatable bonds is 5. The highest BCUT2D eigenvalue weighted by Crippen LogP contribution is 2.16. The molecular weight excluding hydrogens is 276 g/mol. The molecule has 4 nitrogen and oxygen atoms in total. The molecule has 1 amide bonds. The van der Waals surface area contributed by atoms with Crippen LogP contribution in [0.1, 0.15) is 16.7 Å². The molecule has 0 aliphatic carbocycles. The Bertz CT molecular complexity index is 723. The highest BCUT2D eigenvalue weighted by molar-refractivity contribution is 6.00. The summed E-state index contributed by atoms with van der Waals surface area (Å²) in [5.74, 6) is -0.0162. The summed E-state index contributed by atoms with van der Waals surface area (Å²) >= 11 is 0. The smallest absolute Gasteiger partial charge is 0.259 e. The lowest BCUT2D eigenvalue weighted by Crippen LogP contribution is -2.12. The maximum Gasteiger partial charge on any atom is 0.259 e. The minimum atomic E-state index is -0.734. The van der Waals surface area contributed by atoms with Crippen molar-refractivity contribution in [2.45, 2.75) is 13.5 Å². The van der Waals surface area contributed by atoms with Gasteiger partial charge in [-0.1, -0.05) is 42.0 Å². The van der Waals surface area contributed by atoms with Crippen LogP contribution in [-0.4, -0.2) is 5.91 Å². The molecule has 0 unspecified atom stereocenters. The van der Waals surface area contributed by atoms with Crippen LogP contribution in [0.3, 0.4) is 0 Å². The summed E-state index contributed by atoms with van der Waals surface area (Å²) in [6.07, 6.45) is 1.45. The van der Waals surface area contributed by atoms with Crippen LogP contribution in [0.25, 0.3) is 6.08 Å². The summed E-state index contributed by atoms with van der Waals surface area (Å²) in [4.78, 5) is 11.0. The topological polar surface area (TPSA) is 76.1 Å². The Hall–Kier alpha value is -3.06. The fourth-order valence-corrected chi connectivity index (χ4v) is 1.84. The molecule has 0 bridgehead atoms. The number of nitrogens with two attached hydrogens (primary N) is 1. The summed E-state index contributed by atoms with van der Waals surface area (Å²) < 4.78 is 5.69. The van der Waals surface area contributed by atoms with Crippen molar-refractivity contribution in [2.75, 3.05) is 0 Å². The summed E-state index contributed by atoms with van der Waals surface area (Å²) in [7, 11) is 0. The van der Waals surface area contributed by atoms with Gasteiger partial charge in [0.05, 0.1) is 0 Å². The molecule has 0 atom stereocenters. The van der Waals surface area contributed by atoms with E-state index in [0.29, 0.717) is 6.61 Å². The molecule has 0 spiro atoms. The van der Waals surface area contributed by atoms with Crippen LogP contribution in [0.2, 0.25) is 0 Å². The molecule has 2 rings (SSSR count). The lowest BCUT2D eigenvalue weighted by molar-refractivity contribution is -0.114. The summed E-state index contributed by atoms with van der Waals surface area (Å²) in [6.45, 7) is 2.53. The SMILES string of the molecule is Cc1ccc(COc2ccc(/C=C(/C#N)C(N)=O)cc2)cc1. The molecule has 2 N–H and O–H groups in total. The first-order chi connectivity index (χ1) is 10.6. The summed E-state index contributed by atoms with van der Waals surface area (Å²) in [6, 6.07) is 17.0. The normalized spacial score (nSPS) is 10.8. The number of primary amides is 1. The van der Waals surface area contributed by atoms with Crippen molar-refractivity contribution in [2.24, 2.45) is 5.73 Å². The second-order valence-corrected chi connectivity index (χ2v) is 4.88. The van der Waals surface area contributed by atoms with Crippen molar-refractivity contribution in [1.29, 1.82) is 5.26 Å². The van der Waals surface area contributed by atoms with Crippen molar-refractivity contribution in [3.63, 3.8) is 0 Å². The zero-order valence-corrected chi connectivity index (χ0v) is 12.2. The number of hydrogen-bond acceptors (Lipinski definition) is 3. The molecule has 0 aliphatic rings. The van der Waals surface area contributed by atoms with E-state index in [9.17, 15) is 4.79 Å². The Balaban J connectivity index is 2.02. The molecule has 2 aromatic carbocycles. The number of amides is 1. The number of nitriles is 1. The van der Waals surface area contributed by atoms with E-state index in [0.717, 1.165) is 16.9 Å². The second-order valence-electron chi connectivity index (χ2n) is 4.88. The Morgan fingerprint density at radius 3 is 2.36 bits per heavy atom. The van der Waals surface area contributed by atoms with Crippen molar-refractivity contribution in [3.05, 3.63) is 70.8 Å². The fourth-order valence-electron chi connectivity index (χ4n) is 1.84. The van der Waals surface area contributed by atoms with Crippen LogP contribution in [-0.2, 0) is 11.4 Å². The van der Waals surface area contributed by atoms with Crippen LogP contribution in [0.15, 0.2) is 54.1 Å². The Morgan fingerprint density at radius 1 is 1.18 bits per heavy atom. The summed E-state index contributed by atoms with van der Waals surface area (Å²) in [5, 5.41) is 8.80. The van der Waals surface area contributed by atoms with Crippen molar-refractivity contribution >= 4 is 12.0 Å². The highest BCUT2D eigenvalue weighted by atomic mass is 16.5. The second kappa shape index (κ2) is 7.09. The van der Waals surface area contributed by atoms with Gasteiger partial charge in [0, 0.05) is 0 Å². The third-order valence-electron chi connectivity index (χ3n) is 3.10. The quantitative estimate of drug-likeness (QED) is 0.680. The van der Waals surface area contributed by atoms with Crippen LogP contribution in [0.5, 0.6) is 5.75 Å². The minimum Gasteiger partial charge on any atom is -0.489 e. The van der Waals surface area contributed by atoms with E-state index in [-0.39, 0.29) is 5.57 Å². The first-order valence-corrected chi connectivity index (χ1v) is 6.78. The number of carbonyl (C=O) groups excluding carboxylic acids is 1. The first-order valence-electron chi connectivity index (χ1n) is 6.78. The van der Waals surface area contributed by atoms with Crippen molar-refractivity contribution in [3.8, 4) is 11.8 Å². The molecule has 0 saturated carbocycles. The Kier molecular flexibility index (Phi) is 4.94. The molecule has 4 heteroatoms. The van der Waals surface area contributed by atoms with Gasteiger partial charge in [-0.15, -0.1) is 0 Å². The van der Waals surface area contributed by atoms with Gasteiger partial charge >= 0.3 is 0 Å². The molecule has 0 radical (unpaired) electrons. The van der Waals surface area contributed by atoms with E-state index in [2.05, 4.69) is 0 Å². The number of aryl methyl sites for hydroxylation is 1. The van der Waals surface area contributed by atoms with Gasteiger partial charge in [0.15, 0.2) is 0 Å². The fraction of sp³-hybridized carbons (Fsp3) is 0.111. The van der Waals surface area contributed by atoms with Gasteiger partial charge in [0.25, 0.3) is 5.91 Å². The zero-order chi connectivity index (χ0) is 15.9. The van der Waals surface area contributed by atoms with Gasteiger partial charge in [-0.05, 0) is 36.3 Å². The molecule has 0 aliphatic heterocycles. The van der Waals surface area contributed by atoms with E-state index in [1.165, 1.54) is 11.6 Å². The first kappa shape index (κ1) is 15.3. The third kappa shape index (κ3) is 4.22. The number of nitrogens with zero attached hydrogens (tertiary/aromatic N) is 1. The number of benzene rings is 2. The number of carbonyl (C=O) groups is 1. The standard InChI is InChI=1S/C18H16N2O2/c1-13-2-4-15(5-3-13)12-22-17-8-6-14(7-9-17)10-16(11-19)18(20)21/h2-10H,12H2,1H3,(H2,20,21)/b16-10-. The van der Waals surface area contributed by atoms with Crippen LogP contribution < -0.4 is 10.5 Å². The largest absolute Gasteiger partial charge is 0.489 e. The van der Waals surface area contributed by atoms with E-state index in [1.807, 2.05) is 31.2 Å². The maximum absolute atomic E-state index is 11.0. The predicted molar refractivity (Wildman–Crippen MR) is 84.7 cm³/mol. The molecular formula is C18H16N2O2. The van der Waals surface area contributed by atoms with Crippen LogP contribution >= 0.6 is 0 Å². The summed E-state index contributed by atoms with van der Waals surface area (Å²) in [5.41, 5.74) is 8.04. The van der Waals surface area contributed by atoms with E-state index in [4.69, 9.17) is 15.7 Å². The third-order valence-corrected chi connectivity index (χ3v) is 3.10. The van der Waals surface area contributed by atoms with E-state index < -0.39 is 5.91 Å². The van der Waals surface area contributed by atoms with Crippen molar-refractivity contribution < 1.29 is 9.53 Å². The van der Waals surface area contributed by atoms with Gasteiger partial charge in [-0.25, -0.2) is 0 Å². The molecule has 2 aromatic rings. The molecule has 22 heavy (non-hydrogen) atoms. The Labute approximate surface area is 129 Å². The predicted octanol–water partition coefficient (Wildman–Crippen LogP) is 2.97. The monoisotopic (exact) mass is 292 g/mol. The lowest BCUT2D eigenvalue weighted by Gasteiger charge is -2.07. The average Bonchev–Trinajstić information content (AvgIpc) is 2.53.